The lowest BCUT2D eigenvalue weighted by molar-refractivity contribution is 0.0582. The summed E-state index contributed by atoms with van der Waals surface area (Å²) >= 11 is 0. The number of benzene rings is 2. The zero-order chi connectivity index (χ0) is 17.2. The van der Waals surface area contributed by atoms with E-state index in [0.29, 0.717) is 6.04 Å². The van der Waals surface area contributed by atoms with Crippen LogP contribution in [0.5, 0.6) is 0 Å². The molecule has 0 radical (unpaired) electrons. The van der Waals surface area contributed by atoms with Crippen molar-refractivity contribution in [3.63, 3.8) is 0 Å². The first-order valence-electron chi connectivity index (χ1n) is 8.78. The molecule has 0 saturated carbocycles. The highest BCUT2D eigenvalue weighted by molar-refractivity contribution is 5.97. The minimum Gasteiger partial charge on any atom is -0.464 e. The van der Waals surface area contributed by atoms with Crippen LogP contribution in [0.2, 0.25) is 0 Å². The van der Waals surface area contributed by atoms with Gasteiger partial charge in [0.25, 0.3) is 5.91 Å². The van der Waals surface area contributed by atoms with E-state index < -0.39 is 0 Å². The smallest absolute Gasteiger partial charge is 0.253 e. The van der Waals surface area contributed by atoms with E-state index in [1.807, 2.05) is 35.2 Å². The van der Waals surface area contributed by atoms with Crippen molar-refractivity contribution in [2.45, 2.75) is 13.0 Å². The van der Waals surface area contributed by atoms with Crippen LogP contribution < -0.4 is 0 Å². The Morgan fingerprint density at radius 1 is 1.00 bits per heavy atom. The van der Waals surface area contributed by atoms with E-state index in [1.165, 1.54) is 5.56 Å². The van der Waals surface area contributed by atoms with Gasteiger partial charge in [-0.25, -0.2) is 0 Å². The van der Waals surface area contributed by atoms with Crippen LogP contribution in [-0.4, -0.2) is 41.9 Å². The van der Waals surface area contributed by atoms with Gasteiger partial charge >= 0.3 is 0 Å². The second-order valence-electron chi connectivity index (χ2n) is 6.59. The average Bonchev–Trinajstić information content (AvgIpc) is 3.15. The Bertz CT molecular complexity index is 864. The number of hydrogen-bond acceptors (Lipinski definition) is 3. The first kappa shape index (κ1) is 15.9. The van der Waals surface area contributed by atoms with E-state index in [4.69, 9.17) is 4.42 Å². The predicted molar refractivity (Wildman–Crippen MR) is 98.5 cm³/mol. The monoisotopic (exact) mass is 334 g/mol. The maximum absolute atomic E-state index is 12.8. The van der Waals surface area contributed by atoms with Crippen molar-refractivity contribution in [3.8, 4) is 0 Å². The van der Waals surface area contributed by atoms with Crippen molar-refractivity contribution in [3.05, 3.63) is 72.0 Å². The highest BCUT2D eigenvalue weighted by Crippen LogP contribution is 2.23. The maximum atomic E-state index is 12.8. The SMILES string of the molecule is CC(c1ccccc1)N1CCN(C(=O)c2ccc3occc3c2)CC1. The molecule has 2 aromatic carbocycles. The molecule has 1 aromatic heterocycles. The lowest BCUT2D eigenvalue weighted by Crippen LogP contribution is -2.49. The molecule has 128 valence electrons. The summed E-state index contributed by atoms with van der Waals surface area (Å²) in [7, 11) is 0. The number of fused-ring (bicyclic) bond motifs is 1. The highest BCUT2D eigenvalue weighted by Gasteiger charge is 2.25. The van der Waals surface area contributed by atoms with E-state index in [2.05, 4.69) is 36.1 Å². The summed E-state index contributed by atoms with van der Waals surface area (Å²) in [5, 5.41) is 0.974. The Kier molecular flexibility index (Phi) is 4.28. The van der Waals surface area contributed by atoms with Gasteiger partial charge in [-0.1, -0.05) is 30.3 Å². The molecule has 1 atom stereocenters. The molecular weight excluding hydrogens is 312 g/mol. The summed E-state index contributed by atoms with van der Waals surface area (Å²) in [6, 6.07) is 18.5. The number of amides is 1. The zero-order valence-corrected chi connectivity index (χ0v) is 14.4. The van der Waals surface area contributed by atoms with Crippen molar-refractivity contribution in [1.29, 1.82) is 0 Å². The third-order valence-corrected chi connectivity index (χ3v) is 5.13. The van der Waals surface area contributed by atoms with Gasteiger partial charge in [0.1, 0.15) is 5.58 Å². The Morgan fingerprint density at radius 2 is 1.76 bits per heavy atom. The third kappa shape index (κ3) is 3.17. The van der Waals surface area contributed by atoms with Crippen molar-refractivity contribution in [2.75, 3.05) is 26.2 Å². The fraction of sp³-hybridized carbons (Fsp3) is 0.286. The quantitative estimate of drug-likeness (QED) is 0.728. The summed E-state index contributed by atoms with van der Waals surface area (Å²) in [4.78, 5) is 17.2. The number of carbonyl (C=O) groups excluding carboxylic acids is 1. The van der Waals surface area contributed by atoms with Gasteiger partial charge in [0.15, 0.2) is 0 Å². The largest absolute Gasteiger partial charge is 0.464 e. The minimum absolute atomic E-state index is 0.107. The molecule has 4 rings (SSSR count). The van der Waals surface area contributed by atoms with Gasteiger partial charge in [-0.15, -0.1) is 0 Å². The van der Waals surface area contributed by atoms with Gasteiger partial charge in [0.05, 0.1) is 6.26 Å². The number of rotatable bonds is 3. The van der Waals surface area contributed by atoms with E-state index in [-0.39, 0.29) is 5.91 Å². The molecule has 25 heavy (non-hydrogen) atoms. The molecule has 1 aliphatic rings. The number of carbonyl (C=O) groups is 1. The van der Waals surface area contributed by atoms with E-state index >= 15 is 0 Å². The Hall–Kier alpha value is -2.59. The van der Waals surface area contributed by atoms with E-state index in [9.17, 15) is 4.79 Å². The second kappa shape index (κ2) is 6.73. The zero-order valence-electron chi connectivity index (χ0n) is 14.4. The van der Waals surface area contributed by atoms with Gasteiger partial charge in [0.2, 0.25) is 0 Å². The molecule has 2 heterocycles. The number of nitrogens with zero attached hydrogens (tertiary/aromatic N) is 2. The molecule has 1 fully saturated rings. The Labute approximate surface area is 147 Å². The molecule has 4 nitrogen and oxygen atoms in total. The Balaban J connectivity index is 1.42. The molecule has 1 saturated heterocycles. The fourth-order valence-electron chi connectivity index (χ4n) is 3.54. The van der Waals surface area contributed by atoms with Crippen LogP contribution in [0, 0.1) is 0 Å². The third-order valence-electron chi connectivity index (χ3n) is 5.13. The molecule has 0 bridgehead atoms. The first-order chi connectivity index (χ1) is 12.2. The molecule has 0 N–H and O–H groups in total. The lowest BCUT2D eigenvalue weighted by Gasteiger charge is -2.38. The van der Waals surface area contributed by atoms with Crippen LogP contribution in [-0.2, 0) is 0 Å². The van der Waals surface area contributed by atoms with Crippen LogP contribution in [0.3, 0.4) is 0 Å². The van der Waals surface area contributed by atoms with Gasteiger partial charge in [0, 0.05) is 43.2 Å². The molecule has 4 heteroatoms. The molecular formula is C21H22N2O2. The second-order valence-corrected chi connectivity index (χ2v) is 6.59. The van der Waals surface area contributed by atoms with E-state index in [0.717, 1.165) is 42.7 Å². The summed E-state index contributed by atoms with van der Waals surface area (Å²) in [6.45, 7) is 5.56. The maximum Gasteiger partial charge on any atom is 0.253 e. The molecule has 1 aliphatic heterocycles. The molecule has 0 spiro atoms. The van der Waals surface area contributed by atoms with Gasteiger partial charge in [-0.3, -0.25) is 9.69 Å². The molecule has 3 aromatic rings. The Morgan fingerprint density at radius 3 is 2.52 bits per heavy atom. The lowest BCUT2D eigenvalue weighted by atomic mass is 10.1. The number of furan rings is 1. The van der Waals surface area contributed by atoms with Crippen molar-refractivity contribution >= 4 is 16.9 Å². The topological polar surface area (TPSA) is 36.7 Å². The first-order valence-corrected chi connectivity index (χ1v) is 8.78. The summed E-state index contributed by atoms with van der Waals surface area (Å²) in [5.74, 6) is 0.107. The summed E-state index contributed by atoms with van der Waals surface area (Å²) in [6.07, 6.45) is 1.66. The van der Waals surface area contributed by atoms with Gasteiger partial charge in [-0.2, -0.15) is 0 Å². The highest BCUT2D eigenvalue weighted by atomic mass is 16.3. The predicted octanol–water partition coefficient (Wildman–Crippen LogP) is 3.95. The number of piperazine rings is 1. The normalized spacial score (nSPS) is 16.9. The van der Waals surface area contributed by atoms with E-state index in [1.54, 1.807) is 6.26 Å². The minimum atomic E-state index is 0.107. The van der Waals surface area contributed by atoms with Crippen LogP contribution in [0.1, 0.15) is 28.9 Å². The van der Waals surface area contributed by atoms with Crippen molar-refractivity contribution < 1.29 is 9.21 Å². The van der Waals surface area contributed by atoms with Crippen LogP contribution in [0.4, 0.5) is 0 Å². The molecule has 1 amide bonds. The molecule has 0 aliphatic carbocycles. The standard InChI is InChI=1S/C21H22N2O2/c1-16(17-5-3-2-4-6-17)22-10-12-23(13-11-22)21(24)19-7-8-20-18(15-19)9-14-25-20/h2-9,14-16H,10-13H2,1H3. The van der Waals surface area contributed by atoms with Crippen molar-refractivity contribution in [2.24, 2.45) is 0 Å². The van der Waals surface area contributed by atoms with Crippen LogP contribution in [0.15, 0.2) is 65.3 Å². The summed E-state index contributed by atoms with van der Waals surface area (Å²) < 4.78 is 5.35. The fourth-order valence-corrected chi connectivity index (χ4v) is 3.54. The van der Waals surface area contributed by atoms with Crippen LogP contribution >= 0.6 is 0 Å². The molecule has 1 unspecified atom stereocenters. The van der Waals surface area contributed by atoms with Crippen molar-refractivity contribution in [1.82, 2.24) is 9.80 Å². The van der Waals surface area contributed by atoms with Gasteiger partial charge in [-0.05, 0) is 36.8 Å². The number of hydrogen-bond donors (Lipinski definition) is 0. The van der Waals surface area contributed by atoms with Crippen LogP contribution in [0.25, 0.3) is 11.0 Å². The average molecular weight is 334 g/mol. The summed E-state index contributed by atoms with van der Waals surface area (Å²) in [5.41, 5.74) is 2.88. The van der Waals surface area contributed by atoms with Gasteiger partial charge < -0.3 is 9.32 Å².